The highest BCUT2D eigenvalue weighted by atomic mass is 35.5. The molecule has 0 atom stereocenters. The van der Waals surface area contributed by atoms with E-state index < -0.39 is 0 Å². The van der Waals surface area contributed by atoms with Crippen molar-refractivity contribution in [1.82, 2.24) is 0 Å². The van der Waals surface area contributed by atoms with E-state index in [1.165, 1.54) is 0 Å². The molecule has 0 fully saturated rings. The SMILES string of the molecule is C=C(CC)/C(Cl)=C(C)\C=C\CC. The molecule has 0 radical (unpaired) electrons. The van der Waals surface area contributed by atoms with E-state index in [1.54, 1.807) is 0 Å². The van der Waals surface area contributed by atoms with E-state index >= 15 is 0 Å². The van der Waals surface area contributed by atoms with Gasteiger partial charge in [0.1, 0.15) is 0 Å². The Labute approximate surface area is 80.6 Å². The molecule has 1 heteroatoms. The number of hydrogen-bond acceptors (Lipinski definition) is 0. The molecule has 0 N–H and O–H groups in total. The Balaban J connectivity index is 4.46. The van der Waals surface area contributed by atoms with Crippen molar-refractivity contribution >= 4 is 11.6 Å². The predicted molar refractivity (Wildman–Crippen MR) is 57.4 cm³/mol. The minimum atomic E-state index is 0.808. The lowest BCUT2D eigenvalue weighted by molar-refractivity contribution is 1.14. The molecule has 0 aromatic rings. The van der Waals surface area contributed by atoms with Gasteiger partial charge in [-0.15, -0.1) is 0 Å². The zero-order chi connectivity index (χ0) is 9.56. The van der Waals surface area contributed by atoms with Crippen LogP contribution in [0.3, 0.4) is 0 Å². The first kappa shape index (κ1) is 11.5. The van der Waals surface area contributed by atoms with Gasteiger partial charge in [-0.3, -0.25) is 0 Å². The Morgan fingerprint density at radius 3 is 2.42 bits per heavy atom. The summed E-state index contributed by atoms with van der Waals surface area (Å²) in [6, 6.07) is 0. The first-order chi connectivity index (χ1) is 5.63. The molecule has 0 bridgehead atoms. The van der Waals surface area contributed by atoms with Gasteiger partial charge < -0.3 is 0 Å². The van der Waals surface area contributed by atoms with Crippen LogP contribution in [0.15, 0.2) is 34.9 Å². The van der Waals surface area contributed by atoms with Gasteiger partial charge in [-0.05, 0) is 30.9 Å². The van der Waals surface area contributed by atoms with Crippen molar-refractivity contribution in [2.75, 3.05) is 0 Å². The van der Waals surface area contributed by atoms with Crippen LogP contribution in [-0.2, 0) is 0 Å². The first-order valence-corrected chi connectivity index (χ1v) is 4.72. The molecule has 0 amide bonds. The fourth-order valence-corrected chi connectivity index (χ4v) is 0.998. The van der Waals surface area contributed by atoms with Crippen LogP contribution in [0.2, 0.25) is 0 Å². The Bertz CT molecular complexity index is 209. The van der Waals surface area contributed by atoms with E-state index in [-0.39, 0.29) is 0 Å². The maximum absolute atomic E-state index is 6.05. The Hall–Kier alpha value is -0.490. The highest BCUT2D eigenvalue weighted by Crippen LogP contribution is 2.20. The summed E-state index contributed by atoms with van der Waals surface area (Å²) in [6.07, 6.45) is 6.10. The van der Waals surface area contributed by atoms with Crippen molar-refractivity contribution in [3.63, 3.8) is 0 Å². The van der Waals surface area contributed by atoms with E-state index in [1.807, 2.05) is 13.0 Å². The van der Waals surface area contributed by atoms with Crippen LogP contribution >= 0.6 is 11.6 Å². The third-order valence-corrected chi connectivity index (χ3v) is 2.25. The molecule has 0 aliphatic rings. The number of rotatable bonds is 4. The topological polar surface area (TPSA) is 0 Å². The van der Waals surface area contributed by atoms with Gasteiger partial charge in [0.05, 0.1) is 0 Å². The molecule has 0 aromatic heterocycles. The minimum Gasteiger partial charge on any atom is -0.0943 e. The smallest absolute Gasteiger partial charge is 0.0461 e. The molecule has 0 heterocycles. The van der Waals surface area contributed by atoms with Crippen molar-refractivity contribution in [2.24, 2.45) is 0 Å². The molecule has 12 heavy (non-hydrogen) atoms. The standard InChI is InChI=1S/C11H17Cl/c1-5-7-8-10(4)11(12)9(3)6-2/h7-8H,3,5-6H2,1-2,4H3/b8-7+,11-10+. The summed E-state index contributed by atoms with van der Waals surface area (Å²) in [4.78, 5) is 0. The first-order valence-electron chi connectivity index (χ1n) is 4.34. The summed E-state index contributed by atoms with van der Waals surface area (Å²) >= 11 is 6.05. The second kappa shape index (κ2) is 6.07. The highest BCUT2D eigenvalue weighted by Gasteiger charge is 1.98. The van der Waals surface area contributed by atoms with Gasteiger partial charge in [0.2, 0.25) is 0 Å². The van der Waals surface area contributed by atoms with Gasteiger partial charge in [0.25, 0.3) is 0 Å². The van der Waals surface area contributed by atoms with E-state index in [0.717, 1.165) is 29.0 Å². The third-order valence-electron chi connectivity index (χ3n) is 1.69. The third kappa shape index (κ3) is 3.77. The molecule has 0 spiro atoms. The lowest BCUT2D eigenvalue weighted by Crippen LogP contribution is -1.82. The van der Waals surface area contributed by atoms with Crippen LogP contribution < -0.4 is 0 Å². The number of halogens is 1. The predicted octanol–water partition coefficient (Wildman–Crippen LogP) is 4.43. The highest BCUT2D eigenvalue weighted by molar-refractivity contribution is 6.32. The van der Waals surface area contributed by atoms with Crippen LogP contribution in [-0.4, -0.2) is 0 Å². The molecule has 0 aliphatic carbocycles. The van der Waals surface area contributed by atoms with Crippen LogP contribution in [0.25, 0.3) is 0 Å². The molecule has 0 aliphatic heterocycles. The molecule has 0 nitrogen and oxygen atoms in total. The summed E-state index contributed by atoms with van der Waals surface area (Å²) in [6.45, 7) is 10.0. The fraction of sp³-hybridized carbons (Fsp3) is 0.455. The van der Waals surface area contributed by atoms with Crippen molar-refractivity contribution in [2.45, 2.75) is 33.6 Å². The summed E-state index contributed by atoms with van der Waals surface area (Å²) in [5.41, 5.74) is 2.11. The average molecular weight is 185 g/mol. The van der Waals surface area contributed by atoms with E-state index in [9.17, 15) is 0 Å². The fourth-order valence-electron chi connectivity index (χ4n) is 0.802. The second-order valence-electron chi connectivity index (χ2n) is 2.76. The number of allylic oxidation sites excluding steroid dienone is 5. The summed E-state index contributed by atoms with van der Waals surface area (Å²) in [5, 5.41) is 0.808. The van der Waals surface area contributed by atoms with Gasteiger partial charge in [-0.25, -0.2) is 0 Å². The largest absolute Gasteiger partial charge is 0.0943 e. The quantitative estimate of drug-likeness (QED) is 0.567. The summed E-state index contributed by atoms with van der Waals surface area (Å²) < 4.78 is 0. The van der Waals surface area contributed by atoms with E-state index in [2.05, 4.69) is 26.5 Å². The zero-order valence-electron chi connectivity index (χ0n) is 8.15. The van der Waals surface area contributed by atoms with Crippen molar-refractivity contribution in [3.05, 3.63) is 34.9 Å². The van der Waals surface area contributed by atoms with E-state index in [0.29, 0.717) is 0 Å². The molecule has 0 aromatic carbocycles. The van der Waals surface area contributed by atoms with Crippen molar-refractivity contribution in [3.8, 4) is 0 Å². The Morgan fingerprint density at radius 2 is 2.00 bits per heavy atom. The van der Waals surface area contributed by atoms with E-state index in [4.69, 9.17) is 11.6 Å². The van der Waals surface area contributed by atoms with Gasteiger partial charge in [-0.1, -0.05) is 44.2 Å². The maximum Gasteiger partial charge on any atom is 0.0461 e. The Morgan fingerprint density at radius 1 is 1.42 bits per heavy atom. The molecule has 0 saturated heterocycles. The normalized spacial score (nSPS) is 13.3. The van der Waals surface area contributed by atoms with Gasteiger partial charge >= 0.3 is 0 Å². The average Bonchev–Trinajstić information content (AvgIpc) is 2.11. The van der Waals surface area contributed by atoms with Crippen molar-refractivity contribution < 1.29 is 0 Å². The van der Waals surface area contributed by atoms with Crippen LogP contribution in [0, 0.1) is 0 Å². The van der Waals surface area contributed by atoms with Gasteiger partial charge in [-0.2, -0.15) is 0 Å². The van der Waals surface area contributed by atoms with Gasteiger partial charge in [0.15, 0.2) is 0 Å². The Kier molecular flexibility index (Phi) is 5.83. The van der Waals surface area contributed by atoms with Crippen LogP contribution in [0.4, 0.5) is 0 Å². The van der Waals surface area contributed by atoms with Crippen molar-refractivity contribution in [1.29, 1.82) is 0 Å². The van der Waals surface area contributed by atoms with Gasteiger partial charge in [0, 0.05) is 5.03 Å². The molecule has 68 valence electrons. The molecule has 0 unspecified atom stereocenters. The lowest BCUT2D eigenvalue weighted by atomic mass is 10.1. The monoisotopic (exact) mass is 184 g/mol. The van der Waals surface area contributed by atoms with Crippen LogP contribution in [0.1, 0.15) is 33.6 Å². The molecular formula is C11H17Cl. The van der Waals surface area contributed by atoms with Crippen LogP contribution in [0.5, 0.6) is 0 Å². The number of hydrogen-bond donors (Lipinski definition) is 0. The minimum absolute atomic E-state index is 0.808. The summed E-state index contributed by atoms with van der Waals surface area (Å²) in [7, 11) is 0. The maximum atomic E-state index is 6.05. The molecule has 0 saturated carbocycles. The summed E-state index contributed by atoms with van der Waals surface area (Å²) in [5.74, 6) is 0. The zero-order valence-corrected chi connectivity index (χ0v) is 8.91. The lowest BCUT2D eigenvalue weighted by Gasteiger charge is -2.02. The second-order valence-corrected chi connectivity index (χ2v) is 3.14. The molecule has 0 rings (SSSR count). The molecular weight excluding hydrogens is 168 g/mol.